The van der Waals surface area contributed by atoms with E-state index in [0.717, 1.165) is 37.6 Å². The van der Waals surface area contributed by atoms with Crippen LogP contribution in [0.5, 0.6) is 6.01 Å². The number of alkyl halides is 3. The topological polar surface area (TPSA) is 88.8 Å². The Labute approximate surface area is 304 Å². The Morgan fingerprint density at radius 2 is 1.94 bits per heavy atom. The van der Waals surface area contributed by atoms with E-state index in [2.05, 4.69) is 66.6 Å². The normalized spacial score (nSPS) is 18.5. The van der Waals surface area contributed by atoms with Gasteiger partial charge in [0.1, 0.15) is 12.4 Å². The molecule has 1 saturated heterocycles. The van der Waals surface area contributed by atoms with Gasteiger partial charge in [-0.1, -0.05) is 62.9 Å². The highest BCUT2D eigenvalue weighted by Crippen LogP contribution is 2.39. The van der Waals surface area contributed by atoms with Crippen LogP contribution in [-0.4, -0.2) is 84.1 Å². The molecule has 12 heteroatoms. The molecular formula is C40H46F3N7O2. The third-order valence-electron chi connectivity index (χ3n) is 10.4. The van der Waals surface area contributed by atoms with Gasteiger partial charge in [-0.3, -0.25) is 9.69 Å². The zero-order valence-corrected chi connectivity index (χ0v) is 29.9. The first-order valence-electron chi connectivity index (χ1n) is 18.1. The molecule has 6 rings (SSSR count). The molecule has 3 aliphatic rings. The third kappa shape index (κ3) is 8.10. The molecule has 3 heterocycles. The highest BCUT2D eigenvalue weighted by Gasteiger charge is 2.37. The van der Waals surface area contributed by atoms with Crippen molar-refractivity contribution in [1.82, 2.24) is 19.8 Å². The number of nitrogens with zero attached hydrogens (tertiary/aromatic N) is 7. The van der Waals surface area contributed by atoms with Crippen molar-refractivity contribution in [1.29, 1.82) is 5.26 Å². The van der Waals surface area contributed by atoms with E-state index < -0.39 is 11.7 Å². The Bertz CT molecular complexity index is 1840. The highest BCUT2D eigenvalue weighted by atomic mass is 19.4. The molecule has 1 aliphatic carbocycles. The number of benzene rings is 2. The van der Waals surface area contributed by atoms with Crippen LogP contribution in [-0.2, 0) is 30.4 Å². The van der Waals surface area contributed by atoms with Crippen LogP contribution >= 0.6 is 0 Å². The summed E-state index contributed by atoms with van der Waals surface area (Å²) in [6.45, 7) is 12.4. The fourth-order valence-corrected chi connectivity index (χ4v) is 7.73. The van der Waals surface area contributed by atoms with E-state index in [9.17, 15) is 23.2 Å². The van der Waals surface area contributed by atoms with Crippen molar-refractivity contribution in [3.05, 3.63) is 94.7 Å². The number of allylic oxidation sites excluding steroid dienone is 1. The summed E-state index contributed by atoms with van der Waals surface area (Å²) in [6, 6.07) is 14.1. The number of amides is 1. The molecule has 0 N–H and O–H groups in total. The van der Waals surface area contributed by atoms with Crippen LogP contribution in [0.25, 0.3) is 6.08 Å². The second-order valence-electron chi connectivity index (χ2n) is 13.6. The predicted molar refractivity (Wildman–Crippen MR) is 196 cm³/mol. The molecule has 9 nitrogen and oxygen atoms in total. The number of para-hydroxylation sites is 1. The lowest BCUT2D eigenvalue weighted by molar-refractivity contribution is -0.137. The Kier molecular flexibility index (Phi) is 11.5. The number of anilines is 2. The molecule has 1 amide bonds. The summed E-state index contributed by atoms with van der Waals surface area (Å²) in [4.78, 5) is 30.0. The summed E-state index contributed by atoms with van der Waals surface area (Å²) >= 11 is 0. The summed E-state index contributed by atoms with van der Waals surface area (Å²) in [7, 11) is 0. The van der Waals surface area contributed by atoms with Gasteiger partial charge in [0, 0.05) is 50.5 Å². The van der Waals surface area contributed by atoms with Gasteiger partial charge in [-0.2, -0.15) is 28.4 Å². The van der Waals surface area contributed by atoms with Crippen LogP contribution in [0.15, 0.2) is 61.2 Å². The number of likely N-dealkylation sites (N-methyl/N-ethyl adjacent to an activating group) is 1. The van der Waals surface area contributed by atoms with Gasteiger partial charge in [-0.15, -0.1) is 0 Å². The van der Waals surface area contributed by atoms with E-state index in [1.54, 1.807) is 15.9 Å². The molecule has 1 fully saturated rings. The lowest BCUT2D eigenvalue weighted by atomic mass is 9.84. The molecule has 2 atom stereocenters. The summed E-state index contributed by atoms with van der Waals surface area (Å²) in [5.41, 5.74) is 4.98. The lowest BCUT2D eigenvalue weighted by Gasteiger charge is -2.42. The van der Waals surface area contributed by atoms with Crippen LogP contribution < -0.4 is 14.5 Å². The van der Waals surface area contributed by atoms with E-state index in [-0.39, 0.29) is 36.6 Å². The Balaban J connectivity index is 1.22. The molecule has 0 bridgehead atoms. The summed E-state index contributed by atoms with van der Waals surface area (Å²) < 4.78 is 48.3. The quantitative estimate of drug-likeness (QED) is 0.193. The zero-order valence-electron chi connectivity index (χ0n) is 29.9. The maximum Gasteiger partial charge on any atom is 0.418 e. The van der Waals surface area contributed by atoms with E-state index in [0.29, 0.717) is 63.2 Å². The van der Waals surface area contributed by atoms with Gasteiger partial charge in [0.2, 0.25) is 5.91 Å². The minimum atomic E-state index is -4.50. The van der Waals surface area contributed by atoms with Crippen molar-refractivity contribution in [2.75, 3.05) is 62.2 Å². The van der Waals surface area contributed by atoms with Gasteiger partial charge >= 0.3 is 12.2 Å². The highest BCUT2D eigenvalue weighted by molar-refractivity contribution is 5.87. The number of piperazine rings is 1. The van der Waals surface area contributed by atoms with Crippen molar-refractivity contribution in [2.24, 2.45) is 0 Å². The van der Waals surface area contributed by atoms with E-state index >= 15 is 0 Å². The first-order chi connectivity index (χ1) is 25.1. The smallest absolute Gasteiger partial charge is 0.418 e. The van der Waals surface area contributed by atoms with E-state index in [1.807, 2.05) is 0 Å². The SMILES string of the molecule is C=CC(=O)N1CCN(c2nc(OCCN(CC)CCc3cccc4c3C(C)CC=C4)nc3c2CCN(c2ccccc2C(F)(F)F)C3)CC1CC#N. The molecule has 52 heavy (non-hydrogen) atoms. The average Bonchev–Trinajstić information content (AvgIpc) is 3.15. The molecule has 2 unspecified atom stereocenters. The lowest BCUT2D eigenvalue weighted by Crippen LogP contribution is -2.55. The standard InChI is InChI=1S/C40H46F3N7O2/c1-4-36(51)50-23-22-49(26-31(50)16-19-44)38-32-18-21-48(35-15-7-6-14-33(35)40(41,42)43)27-34(32)45-39(46-38)52-25-24-47(5-2)20-17-30-13-9-12-29-11-8-10-28(3)37(29)30/h4,6-9,11-15,28,31H,1,5,10,16-18,20-27H2,2-3H3. The molecule has 1 aromatic heterocycles. The number of carbonyl (C=O) groups excluding carboxylic acids is 1. The fourth-order valence-electron chi connectivity index (χ4n) is 7.73. The summed E-state index contributed by atoms with van der Waals surface area (Å²) in [5.74, 6) is 0.900. The second kappa shape index (κ2) is 16.2. The van der Waals surface area contributed by atoms with E-state index in [1.165, 1.54) is 34.9 Å². The van der Waals surface area contributed by atoms with Crippen LogP contribution in [0.3, 0.4) is 0 Å². The molecule has 0 radical (unpaired) electrons. The van der Waals surface area contributed by atoms with Gasteiger partial charge < -0.3 is 19.4 Å². The summed E-state index contributed by atoms with van der Waals surface area (Å²) in [6.07, 6.45) is 3.76. The fraction of sp³-hybridized carbons (Fsp3) is 0.450. The second-order valence-corrected chi connectivity index (χ2v) is 13.6. The summed E-state index contributed by atoms with van der Waals surface area (Å²) in [5, 5.41) is 9.56. The minimum absolute atomic E-state index is 0.109. The molecule has 0 saturated carbocycles. The van der Waals surface area contributed by atoms with Crippen LogP contribution in [0, 0.1) is 11.3 Å². The minimum Gasteiger partial charge on any atom is -0.462 e. The van der Waals surface area contributed by atoms with E-state index in [4.69, 9.17) is 14.7 Å². The Hall–Kier alpha value is -4.89. The first kappa shape index (κ1) is 36.9. The van der Waals surface area contributed by atoms with Crippen molar-refractivity contribution in [3.63, 3.8) is 0 Å². The van der Waals surface area contributed by atoms with Crippen molar-refractivity contribution < 1.29 is 22.7 Å². The maximum atomic E-state index is 14.0. The largest absolute Gasteiger partial charge is 0.462 e. The van der Waals surface area contributed by atoms with Crippen molar-refractivity contribution in [2.45, 2.75) is 64.2 Å². The van der Waals surface area contributed by atoms with Crippen LogP contribution in [0.2, 0.25) is 0 Å². The first-order valence-corrected chi connectivity index (χ1v) is 18.1. The van der Waals surface area contributed by atoms with Gasteiger partial charge in [-0.05, 0) is 66.6 Å². The number of halogens is 3. The van der Waals surface area contributed by atoms with Gasteiger partial charge in [0.25, 0.3) is 0 Å². The Morgan fingerprint density at radius 3 is 2.71 bits per heavy atom. The maximum absolute atomic E-state index is 14.0. The zero-order chi connectivity index (χ0) is 36.8. The number of rotatable bonds is 12. The number of hydrogen-bond acceptors (Lipinski definition) is 8. The number of carbonyl (C=O) groups is 1. The number of hydrogen-bond donors (Lipinski definition) is 0. The molecule has 3 aromatic rings. The molecule has 2 aliphatic heterocycles. The molecule has 0 spiro atoms. The van der Waals surface area contributed by atoms with Gasteiger partial charge in [0.15, 0.2) is 0 Å². The molecule has 2 aromatic carbocycles. The van der Waals surface area contributed by atoms with Gasteiger partial charge in [0.05, 0.1) is 36.3 Å². The van der Waals surface area contributed by atoms with Crippen molar-refractivity contribution in [3.8, 4) is 12.1 Å². The number of nitriles is 1. The van der Waals surface area contributed by atoms with Crippen LogP contribution in [0.4, 0.5) is 24.7 Å². The average molecular weight is 714 g/mol. The number of aromatic nitrogens is 2. The number of fused-ring (bicyclic) bond motifs is 2. The van der Waals surface area contributed by atoms with Crippen LogP contribution in [0.1, 0.15) is 66.1 Å². The number of ether oxygens (including phenoxy) is 1. The molecular weight excluding hydrogens is 667 g/mol. The van der Waals surface area contributed by atoms with Gasteiger partial charge in [-0.25, -0.2) is 0 Å². The van der Waals surface area contributed by atoms with Crippen molar-refractivity contribution >= 4 is 23.5 Å². The predicted octanol–water partition coefficient (Wildman–Crippen LogP) is 6.64. The Morgan fingerprint density at radius 1 is 1.12 bits per heavy atom. The monoisotopic (exact) mass is 713 g/mol. The molecule has 274 valence electrons. The third-order valence-corrected chi connectivity index (χ3v) is 10.4.